The van der Waals surface area contributed by atoms with Crippen LogP contribution in [0.3, 0.4) is 0 Å². The molecule has 0 saturated carbocycles. The molecule has 0 bridgehead atoms. The molecule has 0 N–H and O–H groups in total. The zero-order valence-corrected chi connectivity index (χ0v) is 9.70. The summed E-state index contributed by atoms with van der Waals surface area (Å²) in [5.74, 6) is 0. The number of para-hydroxylation sites is 1. The first-order valence-electron chi connectivity index (χ1n) is 5.38. The summed E-state index contributed by atoms with van der Waals surface area (Å²) in [5, 5.41) is 15.2. The third-order valence-corrected chi connectivity index (χ3v) is 2.51. The molecule has 0 amide bonds. The summed E-state index contributed by atoms with van der Waals surface area (Å²) in [4.78, 5) is 10.5. The molecule has 5 nitrogen and oxygen atoms in total. The number of nitro groups is 1. The quantitative estimate of drug-likeness (QED) is 0.602. The van der Waals surface area contributed by atoms with E-state index >= 15 is 0 Å². The van der Waals surface area contributed by atoms with Crippen molar-refractivity contribution in [3.05, 3.63) is 46.6 Å². The number of nitro benzene ring substituents is 1. The van der Waals surface area contributed by atoms with Crippen molar-refractivity contribution in [2.45, 2.75) is 19.9 Å². The van der Waals surface area contributed by atoms with Crippen molar-refractivity contribution < 1.29 is 4.92 Å². The predicted octanol–water partition coefficient (Wildman–Crippen LogP) is 3.04. The van der Waals surface area contributed by atoms with Crippen molar-refractivity contribution in [2.24, 2.45) is 0 Å². The lowest BCUT2D eigenvalue weighted by molar-refractivity contribution is -0.384. The summed E-state index contributed by atoms with van der Waals surface area (Å²) in [6.45, 7) is 4.02. The smallest absolute Gasteiger partial charge is 0.270 e. The number of nitrogens with zero attached hydrogens (tertiary/aromatic N) is 3. The zero-order chi connectivity index (χ0) is 12.4. The van der Waals surface area contributed by atoms with E-state index in [4.69, 9.17) is 0 Å². The predicted molar refractivity (Wildman–Crippen MR) is 64.7 cm³/mol. The molecule has 1 aromatic heterocycles. The molecule has 0 fully saturated rings. The van der Waals surface area contributed by atoms with Crippen molar-refractivity contribution in [3.8, 4) is 11.3 Å². The van der Waals surface area contributed by atoms with E-state index in [2.05, 4.69) is 5.10 Å². The Kier molecular flexibility index (Phi) is 2.91. The molecule has 2 aromatic rings. The molecule has 17 heavy (non-hydrogen) atoms. The maximum Gasteiger partial charge on any atom is 0.278 e. The van der Waals surface area contributed by atoms with Crippen LogP contribution in [-0.4, -0.2) is 14.7 Å². The van der Waals surface area contributed by atoms with E-state index in [-0.39, 0.29) is 16.7 Å². The maximum absolute atomic E-state index is 10.9. The molecule has 1 aromatic carbocycles. The van der Waals surface area contributed by atoms with Crippen molar-refractivity contribution in [3.63, 3.8) is 0 Å². The summed E-state index contributed by atoms with van der Waals surface area (Å²) < 4.78 is 1.78. The number of aromatic nitrogens is 2. The minimum atomic E-state index is -0.385. The Morgan fingerprint density at radius 3 is 2.59 bits per heavy atom. The topological polar surface area (TPSA) is 61.0 Å². The Bertz CT molecular complexity index is 546. The fourth-order valence-corrected chi connectivity index (χ4v) is 1.62. The van der Waals surface area contributed by atoms with E-state index in [1.54, 1.807) is 28.9 Å². The normalized spacial score (nSPS) is 10.8. The van der Waals surface area contributed by atoms with E-state index in [0.29, 0.717) is 11.3 Å². The van der Waals surface area contributed by atoms with Crippen LogP contribution in [0.25, 0.3) is 11.3 Å². The van der Waals surface area contributed by atoms with Crippen LogP contribution in [0.5, 0.6) is 0 Å². The molecule has 0 radical (unpaired) electrons. The number of hydrogen-bond donors (Lipinski definition) is 0. The van der Waals surface area contributed by atoms with Crippen molar-refractivity contribution in [1.29, 1.82) is 0 Å². The standard InChI is InChI=1S/C12H13N3O2/c1-9(2)14-8-7-11(13-14)10-5-3-4-6-12(10)15(16)17/h3-9H,1-2H3. The second-order valence-electron chi connectivity index (χ2n) is 4.05. The molecule has 0 unspecified atom stereocenters. The average molecular weight is 231 g/mol. The van der Waals surface area contributed by atoms with Gasteiger partial charge in [-0.1, -0.05) is 12.1 Å². The van der Waals surface area contributed by atoms with Crippen LogP contribution >= 0.6 is 0 Å². The third-order valence-electron chi connectivity index (χ3n) is 2.51. The minimum absolute atomic E-state index is 0.0847. The van der Waals surface area contributed by atoms with E-state index in [0.717, 1.165) is 0 Å². The van der Waals surface area contributed by atoms with Crippen molar-refractivity contribution in [2.75, 3.05) is 0 Å². The van der Waals surface area contributed by atoms with Gasteiger partial charge in [0.15, 0.2) is 0 Å². The van der Waals surface area contributed by atoms with Crippen LogP contribution in [0.2, 0.25) is 0 Å². The van der Waals surface area contributed by atoms with E-state index < -0.39 is 0 Å². The molecule has 2 rings (SSSR count). The van der Waals surface area contributed by atoms with Gasteiger partial charge in [-0.2, -0.15) is 5.10 Å². The summed E-state index contributed by atoms with van der Waals surface area (Å²) >= 11 is 0. The second-order valence-corrected chi connectivity index (χ2v) is 4.05. The first-order valence-corrected chi connectivity index (χ1v) is 5.38. The second kappa shape index (κ2) is 4.37. The van der Waals surface area contributed by atoms with Gasteiger partial charge in [0.1, 0.15) is 0 Å². The molecular weight excluding hydrogens is 218 g/mol. The lowest BCUT2D eigenvalue weighted by Crippen LogP contribution is -2.01. The van der Waals surface area contributed by atoms with Crippen LogP contribution in [-0.2, 0) is 0 Å². The average Bonchev–Trinajstić information content (AvgIpc) is 2.78. The van der Waals surface area contributed by atoms with Gasteiger partial charge in [-0.25, -0.2) is 0 Å². The molecule has 0 saturated heterocycles. The molecule has 0 aliphatic heterocycles. The fourth-order valence-electron chi connectivity index (χ4n) is 1.62. The number of benzene rings is 1. The molecule has 88 valence electrons. The van der Waals surface area contributed by atoms with E-state index in [1.807, 2.05) is 20.0 Å². The molecule has 0 aliphatic rings. The Morgan fingerprint density at radius 1 is 1.29 bits per heavy atom. The monoisotopic (exact) mass is 231 g/mol. The first kappa shape index (κ1) is 11.3. The van der Waals surface area contributed by atoms with Crippen molar-refractivity contribution in [1.82, 2.24) is 9.78 Å². The number of hydrogen-bond acceptors (Lipinski definition) is 3. The van der Waals surface area contributed by atoms with Gasteiger partial charge in [-0.05, 0) is 26.0 Å². The highest BCUT2D eigenvalue weighted by atomic mass is 16.6. The molecule has 5 heteroatoms. The van der Waals surface area contributed by atoms with E-state index in [9.17, 15) is 10.1 Å². The Balaban J connectivity index is 2.49. The van der Waals surface area contributed by atoms with Gasteiger partial charge in [0.25, 0.3) is 5.69 Å². The molecule has 0 atom stereocenters. The first-order chi connectivity index (χ1) is 8.09. The highest BCUT2D eigenvalue weighted by molar-refractivity contribution is 5.70. The van der Waals surface area contributed by atoms with Crippen molar-refractivity contribution >= 4 is 5.69 Å². The van der Waals surface area contributed by atoms with Crippen LogP contribution in [0.15, 0.2) is 36.5 Å². The number of rotatable bonds is 3. The van der Waals surface area contributed by atoms with Gasteiger partial charge in [0.05, 0.1) is 16.2 Å². The lowest BCUT2D eigenvalue weighted by atomic mass is 10.1. The van der Waals surface area contributed by atoms with Gasteiger partial charge < -0.3 is 0 Å². The van der Waals surface area contributed by atoms with Gasteiger partial charge in [-0.15, -0.1) is 0 Å². The molecular formula is C12H13N3O2. The van der Waals surface area contributed by atoms with Crippen LogP contribution in [0, 0.1) is 10.1 Å². The SMILES string of the molecule is CC(C)n1ccc(-c2ccccc2[N+](=O)[O-])n1. The Hall–Kier alpha value is -2.17. The Labute approximate surface area is 98.8 Å². The van der Waals surface area contributed by atoms with Gasteiger partial charge >= 0.3 is 0 Å². The lowest BCUT2D eigenvalue weighted by Gasteiger charge is -2.04. The summed E-state index contributed by atoms with van der Waals surface area (Å²) in [6.07, 6.45) is 1.83. The minimum Gasteiger partial charge on any atom is -0.270 e. The highest BCUT2D eigenvalue weighted by Gasteiger charge is 2.16. The molecule has 1 heterocycles. The molecule has 0 aliphatic carbocycles. The van der Waals surface area contributed by atoms with E-state index in [1.165, 1.54) is 6.07 Å². The van der Waals surface area contributed by atoms with Gasteiger partial charge in [0.2, 0.25) is 0 Å². The van der Waals surface area contributed by atoms with Crippen LogP contribution < -0.4 is 0 Å². The van der Waals surface area contributed by atoms with Gasteiger partial charge in [-0.3, -0.25) is 14.8 Å². The Morgan fingerprint density at radius 2 is 2.00 bits per heavy atom. The maximum atomic E-state index is 10.9. The summed E-state index contributed by atoms with van der Waals surface area (Å²) in [6, 6.07) is 8.67. The highest BCUT2D eigenvalue weighted by Crippen LogP contribution is 2.28. The summed E-state index contributed by atoms with van der Waals surface area (Å²) in [7, 11) is 0. The zero-order valence-electron chi connectivity index (χ0n) is 9.70. The van der Waals surface area contributed by atoms with Crippen LogP contribution in [0.4, 0.5) is 5.69 Å². The van der Waals surface area contributed by atoms with Gasteiger partial charge in [0, 0.05) is 18.3 Å². The largest absolute Gasteiger partial charge is 0.278 e. The van der Waals surface area contributed by atoms with Crippen LogP contribution in [0.1, 0.15) is 19.9 Å². The third kappa shape index (κ3) is 2.18. The summed E-state index contributed by atoms with van der Waals surface area (Å²) in [5.41, 5.74) is 1.27. The fraction of sp³-hybridized carbons (Fsp3) is 0.250. The molecule has 0 spiro atoms.